The Bertz CT molecular complexity index is 992. The molecule has 4 nitrogen and oxygen atoms in total. The fourth-order valence-electron chi connectivity index (χ4n) is 3.19. The average molecular weight is 364 g/mol. The van der Waals surface area contributed by atoms with Crippen molar-refractivity contribution in [2.75, 3.05) is 14.2 Å². The molecule has 0 fully saturated rings. The van der Waals surface area contributed by atoms with Crippen LogP contribution in [0, 0.1) is 6.92 Å². The summed E-state index contributed by atoms with van der Waals surface area (Å²) >= 11 is 1.66. The van der Waals surface area contributed by atoms with E-state index < -0.39 is 0 Å². The molecule has 0 aliphatic heterocycles. The SMILES string of the molecule is COc1ccc2c(c1)-c1nc(N=Cc3ccc(C)c(OC)c3)sc1CC2. The van der Waals surface area contributed by atoms with Crippen LogP contribution >= 0.6 is 11.3 Å². The lowest BCUT2D eigenvalue weighted by atomic mass is 9.93. The lowest BCUT2D eigenvalue weighted by Crippen LogP contribution is -2.02. The maximum absolute atomic E-state index is 5.38. The monoisotopic (exact) mass is 364 g/mol. The molecule has 1 aliphatic carbocycles. The molecule has 0 spiro atoms. The molecular weight excluding hydrogens is 344 g/mol. The molecule has 0 unspecified atom stereocenters. The minimum Gasteiger partial charge on any atom is -0.497 e. The van der Waals surface area contributed by atoms with Gasteiger partial charge < -0.3 is 9.47 Å². The highest BCUT2D eigenvalue weighted by Crippen LogP contribution is 2.40. The molecular formula is C21H20N2O2S. The number of hydrogen-bond acceptors (Lipinski definition) is 5. The van der Waals surface area contributed by atoms with E-state index in [0.717, 1.165) is 46.3 Å². The summed E-state index contributed by atoms with van der Waals surface area (Å²) < 4.78 is 10.8. The van der Waals surface area contributed by atoms with Gasteiger partial charge in [0.15, 0.2) is 0 Å². The van der Waals surface area contributed by atoms with E-state index >= 15 is 0 Å². The lowest BCUT2D eigenvalue weighted by Gasteiger charge is -2.15. The van der Waals surface area contributed by atoms with Gasteiger partial charge in [-0.05, 0) is 54.7 Å². The zero-order chi connectivity index (χ0) is 18.1. The number of ether oxygens (including phenoxy) is 2. The summed E-state index contributed by atoms with van der Waals surface area (Å²) in [6, 6.07) is 12.3. The predicted octanol–water partition coefficient (Wildman–Crippen LogP) is 4.98. The normalized spacial score (nSPS) is 12.7. The first-order valence-corrected chi connectivity index (χ1v) is 9.35. The van der Waals surface area contributed by atoms with Crippen molar-refractivity contribution >= 4 is 22.7 Å². The van der Waals surface area contributed by atoms with E-state index in [9.17, 15) is 0 Å². The smallest absolute Gasteiger partial charge is 0.209 e. The Morgan fingerprint density at radius 1 is 1.08 bits per heavy atom. The molecule has 0 saturated carbocycles. The molecule has 0 amide bonds. The Labute approximate surface area is 157 Å². The Morgan fingerprint density at radius 2 is 1.96 bits per heavy atom. The van der Waals surface area contributed by atoms with Crippen LogP contribution in [0.3, 0.4) is 0 Å². The minimum atomic E-state index is 0.783. The zero-order valence-electron chi connectivity index (χ0n) is 15.1. The van der Waals surface area contributed by atoms with Gasteiger partial charge in [-0.15, -0.1) is 0 Å². The van der Waals surface area contributed by atoms with Crippen LogP contribution in [0.1, 0.15) is 21.6 Å². The molecule has 4 rings (SSSR count). The van der Waals surface area contributed by atoms with Crippen molar-refractivity contribution in [3.05, 3.63) is 58.0 Å². The molecule has 1 heterocycles. The second kappa shape index (κ2) is 6.92. The fourth-order valence-corrected chi connectivity index (χ4v) is 4.11. The van der Waals surface area contributed by atoms with Gasteiger partial charge in [0, 0.05) is 16.7 Å². The molecule has 132 valence electrons. The lowest BCUT2D eigenvalue weighted by molar-refractivity contribution is 0.411. The molecule has 3 aromatic rings. The van der Waals surface area contributed by atoms with Crippen LogP contribution in [0.5, 0.6) is 11.5 Å². The highest BCUT2D eigenvalue weighted by atomic mass is 32.1. The quantitative estimate of drug-likeness (QED) is 0.613. The van der Waals surface area contributed by atoms with Crippen molar-refractivity contribution in [3.8, 4) is 22.8 Å². The molecule has 26 heavy (non-hydrogen) atoms. The molecule has 0 bridgehead atoms. The molecule has 1 aromatic heterocycles. The molecule has 0 saturated heterocycles. The number of aliphatic imine (C=N–C) groups is 1. The summed E-state index contributed by atoms with van der Waals surface area (Å²) in [6.45, 7) is 2.03. The van der Waals surface area contributed by atoms with Crippen molar-refractivity contribution < 1.29 is 9.47 Å². The number of thiazole rings is 1. The van der Waals surface area contributed by atoms with Crippen LogP contribution in [-0.4, -0.2) is 25.4 Å². The van der Waals surface area contributed by atoms with Crippen LogP contribution in [0.15, 0.2) is 41.4 Å². The van der Waals surface area contributed by atoms with Gasteiger partial charge >= 0.3 is 0 Å². The first kappa shape index (κ1) is 16.8. The van der Waals surface area contributed by atoms with Crippen molar-refractivity contribution in [2.45, 2.75) is 19.8 Å². The molecule has 0 N–H and O–H groups in total. The minimum absolute atomic E-state index is 0.783. The van der Waals surface area contributed by atoms with Crippen molar-refractivity contribution in [1.29, 1.82) is 0 Å². The maximum atomic E-state index is 5.38. The van der Waals surface area contributed by atoms with Crippen LogP contribution in [0.2, 0.25) is 0 Å². The van der Waals surface area contributed by atoms with E-state index in [0.29, 0.717) is 0 Å². The highest BCUT2D eigenvalue weighted by molar-refractivity contribution is 7.15. The number of fused-ring (bicyclic) bond motifs is 3. The summed E-state index contributed by atoms with van der Waals surface area (Å²) in [7, 11) is 3.38. The number of aryl methyl sites for hydroxylation is 3. The number of methoxy groups -OCH3 is 2. The largest absolute Gasteiger partial charge is 0.497 e. The number of benzene rings is 2. The van der Waals surface area contributed by atoms with E-state index in [4.69, 9.17) is 14.5 Å². The van der Waals surface area contributed by atoms with Crippen molar-refractivity contribution in [1.82, 2.24) is 4.98 Å². The van der Waals surface area contributed by atoms with Gasteiger partial charge in [-0.2, -0.15) is 0 Å². The second-order valence-corrected chi connectivity index (χ2v) is 7.34. The van der Waals surface area contributed by atoms with Gasteiger partial charge in [0.1, 0.15) is 11.5 Å². The topological polar surface area (TPSA) is 43.7 Å². The van der Waals surface area contributed by atoms with E-state index in [2.05, 4.69) is 17.1 Å². The average Bonchev–Trinajstić information content (AvgIpc) is 3.10. The van der Waals surface area contributed by atoms with E-state index in [-0.39, 0.29) is 0 Å². The third-order valence-electron chi connectivity index (χ3n) is 4.64. The Hall–Kier alpha value is -2.66. The Kier molecular flexibility index (Phi) is 4.47. The number of rotatable bonds is 4. The van der Waals surface area contributed by atoms with Gasteiger partial charge in [-0.3, -0.25) is 0 Å². The fraction of sp³-hybridized carbons (Fsp3) is 0.238. The molecule has 0 atom stereocenters. The summed E-state index contributed by atoms with van der Waals surface area (Å²) in [5.41, 5.74) is 5.65. The van der Waals surface area contributed by atoms with Crippen molar-refractivity contribution in [3.63, 3.8) is 0 Å². The predicted molar refractivity (Wildman–Crippen MR) is 106 cm³/mol. The van der Waals surface area contributed by atoms with Gasteiger partial charge in [0.05, 0.1) is 19.9 Å². The van der Waals surface area contributed by atoms with Crippen LogP contribution in [-0.2, 0) is 12.8 Å². The van der Waals surface area contributed by atoms with E-state index in [1.807, 2.05) is 37.4 Å². The van der Waals surface area contributed by atoms with Gasteiger partial charge in [-0.1, -0.05) is 29.5 Å². The zero-order valence-corrected chi connectivity index (χ0v) is 15.9. The van der Waals surface area contributed by atoms with E-state index in [1.165, 1.54) is 16.0 Å². The standard InChI is InChI=1S/C21H20N2O2S/c1-13-4-5-14(10-18(13)25-3)12-22-21-23-20-17-11-16(24-2)8-6-15(17)7-9-19(20)26-21/h4-6,8,10-12H,7,9H2,1-3H3. The summed E-state index contributed by atoms with van der Waals surface area (Å²) in [5.74, 6) is 1.73. The Morgan fingerprint density at radius 3 is 2.77 bits per heavy atom. The summed E-state index contributed by atoms with van der Waals surface area (Å²) in [4.78, 5) is 10.7. The molecule has 1 aliphatic rings. The van der Waals surface area contributed by atoms with E-state index in [1.54, 1.807) is 25.6 Å². The van der Waals surface area contributed by atoms with Gasteiger partial charge in [0.25, 0.3) is 0 Å². The maximum Gasteiger partial charge on any atom is 0.209 e. The summed E-state index contributed by atoms with van der Waals surface area (Å²) in [5, 5.41) is 0.783. The van der Waals surface area contributed by atoms with Gasteiger partial charge in [0.2, 0.25) is 5.13 Å². The second-order valence-electron chi connectivity index (χ2n) is 6.28. The van der Waals surface area contributed by atoms with Crippen molar-refractivity contribution in [2.24, 2.45) is 4.99 Å². The first-order valence-electron chi connectivity index (χ1n) is 8.53. The third-order valence-corrected chi connectivity index (χ3v) is 5.66. The highest BCUT2D eigenvalue weighted by Gasteiger charge is 2.21. The molecule has 2 aromatic carbocycles. The summed E-state index contributed by atoms with van der Waals surface area (Å²) in [6.07, 6.45) is 3.89. The Balaban J connectivity index is 1.65. The number of aromatic nitrogens is 1. The molecule has 0 radical (unpaired) electrons. The first-order chi connectivity index (χ1) is 12.7. The number of hydrogen-bond donors (Lipinski definition) is 0. The number of nitrogens with zero attached hydrogens (tertiary/aromatic N) is 2. The third kappa shape index (κ3) is 3.10. The molecule has 5 heteroatoms. The van der Waals surface area contributed by atoms with Gasteiger partial charge in [-0.25, -0.2) is 9.98 Å². The van der Waals surface area contributed by atoms with Crippen LogP contribution in [0.4, 0.5) is 5.13 Å². The van der Waals surface area contributed by atoms with Crippen LogP contribution < -0.4 is 9.47 Å². The van der Waals surface area contributed by atoms with Crippen LogP contribution in [0.25, 0.3) is 11.3 Å².